The smallest absolute Gasteiger partial charge is 0.256 e. The van der Waals surface area contributed by atoms with E-state index < -0.39 is 41.6 Å². The van der Waals surface area contributed by atoms with Crippen molar-refractivity contribution >= 4 is 5.91 Å². The van der Waals surface area contributed by atoms with Gasteiger partial charge in [-0.1, -0.05) is 32.9 Å². The number of ether oxygens (including phenoxy) is 9. The SMILES string of the molecule is C=C1CC(OC)(C(OC)C(=O)NC2OCO[C@H]3C2O[C@H](C[C@@H](COC)OC)C(C)(C)C3OC)O[C@H](C)[C@@H]1C. The fraction of sp³-hybridized carbons (Fsp3) is 0.889. The van der Waals surface area contributed by atoms with Gasteiger partial charge < -0.3 is 47.9 Å². The largest absolute Gasteiger partial charge is 0.382 e. The second-order valence-electron chi connectivity index (χ2n) is 11.0. The molecule has 1 N–H and O–H groups in total. The number of hydrogen-bond acceptors (Lipinski definition) is 10. The zero-order chi connectivity index (χ0) is 28.3. The van der Waals surface area contributed by atoms with Gasteiger partial charge >= 0.3 is 0 Å². The summed E-state index contributed by atoms with van der Waals surface area (Å²) in [6.45, 7) is 12.7. The van der Waals surface area contributed by atoms with Gasteiger partial charge in [-0.15, -0.1) is 0 Å². The molecule has 38 heavy (non-hydrogen) atoms. The predicted molar refractivity (Wildman–Crippen MR) is 137 cm³/mol. The molecule has 3 aliphatic heterocycles. The summed E-state index contributed by atoms with van der Waals surface area (Å²) in [5, 5.41) is 2.96. The Hall–Kier alpha value is -1.15. The average Bonchev–Trinajstić information content (AvgIpc) is 2.87. The molecule has 10 atom stereocenters. The van der Waals surface area contributed by atoms with Gasteiger partial charge in [0.25, 0.3) is 5.91 Å². The number of amides is 1. The van der Waals surface area contributed by atoms with Crippen molar-refractivity contribution in [2.45, 2.75) is 95.3 Å². The Morgan fingerprint density at radius 3 is 2.37 bits per heavy atom. The van der Waals surface area contributed by atoms with E-state index in [-0.39, 0.29) is 37.1 Å². The molecule has 3 aliphatic rings. The molecule has 0 aromatic carbocycles. The third-order valence-electron chi connectivity index (χ3n) is 8.44. The minimum atomic E-state index is -1.33. The first-order valence-corrected chi connectivity index (χ1v) is 13.2. The molecule has 0 aromatic heterocycles. The zero-order valence-electron chi connectivity index (χ0n) is 24.3. The Labute approximate surface area is 226 Å². The molecule has 3 heterocycles. The Morgan fingerprint density at radius 2 is 1.82 bits per heavy atom. The van der Waals surface area contributed by atoms with Crippen molar-refractivity contribution in [1.29, 1.82) is 0 Å². The maximum absolute atomic E-state index is 13.7. The summed E-state index contributed by atoms with van der Waals surface area (Å²) in [5.41, 5.74) is 0.500. The van der Waals surface area contributed by atoms with Crippen molar-refractivity contribution in [3.05, 3.63) is 12.2 Å². The van der Waals surface area contributed by atoms with Gasteiger partial charge in [-0.25, -0.2) is 0 Å². The van der Waals surface area contributed by atoms with E-state index in [0.29, 0.717) is 19.4 Å². The number of fused-ring (bicyclic) bond motifs is 1. The van der Waals surface area contributed by atoms with Crippen LogP contribution in [-0.2, 0) is 47.4 Å². The van der Waals surface area contributed by atoms with Gasteiger partial charge in [0.05, 0.1) is 31.0 Å². The molecular weight excluding hydrogens is 498 g/mol. The molecular formula is C27H47NO10. The molecule has 220 valence electrons. The maximum Gasteiger partial charge on any atom is 0.256 e. The number of carbonyl (C=O) groups is 1. The van der Waals surface area contributed by atoms with Crippen LogP contribution in [0.4, 0.5) is 0 Å². The molecule has 3 fully saturated rings. The van der Waals surface area contributed by atoms with E-state index in [1.54, 1.807) is 21.3 Å². The lowest BCUT2D eigenvalue weighted by atomic mass is 9.72. The molecule has 0 saturated carbocycles. The molecule has 11 heteroatoms. The molecule has 0 radical (unpaired) electrons. The van der Waals surface area contributed by atoms with Crippen LogP contribution < -0.4 is 5.32 Å². The van der Waals surface area contributed by atoms with Gasteiger partial charge in [-0.2, -0.15) is 0 Å². The van der Waals surface area contributed by atoms with Crippen molar-refractivity contribution < 1.29 is 47.4 Å². The minimum Gasteiger partial charge on any atom is -0.382 e. The highest BCUT2D eigenvalue weighted by atomic mass is 16.7. The maximum atomic E-state index is 13.7. The van der Waals surface area contributed by atoms with Crippen LogP contribution in [0.3, 0.4) is 0 Å². The fourth-order valence-corrected chi connectivity index (χ4v) is 5.86. The highest BCUT2D eigenvalue weighted by Crippen LogP contribution is 2.44. The lowest BCUT2D eigenvalue weighted by Gasteiger charge is -2.54. The van der Waals surface area contributed by atoms with Crippen LogP contribution in [0.2, 0.25) is 0 Å². The molecule has 3 saturated heterocycles. The molecule has 5 unspecified atom stereocenters. The van der Waals surface area contributed by atoms with Crippen LogP contribution in [-0.4, -0.2) is 110 Å². The van der Waals surface area contributed by atoms with Gasteiger partial charge in [0.2, 0.25) is 5.79 Å². The number of rotatable bonds is 11. The lowest BCUT2D eigenvalue weighted by Crippen LogP contribution is -2.69. The number of nitrogens with one attached hydrogen (secondary N) is 1. The van der Waals surface area contributed by atoms with E-state index in [1.807, 2.05) is 13.8 Å². The van der Waals surface area contributed by atoms with Crippen LogP contribution in [0.5, 0.6) is 0 Å². The Balaban J connectivity index is 1.83. The van der Waals surface area contributed by atoms with Gasteiger partial charge in [-0.05, 0) is 6.92 Å². The van der Waals surface area contributed by atoms with Crippen molar-refractivity contribution in [1.82, 2.24) is 5.32 Å². The molecule has 0 aliphatic carbocycles. The summed E-state index contributed by atoms with van der Waals surface area (Å²) in [4.78, 5) is 13.7. The van der Waals surface area contributed by atoms with Crippen LogP contribution >= 0.6 is 0 Å². The van der Waals surface area contributed by atoms with Crippen molar-refractivity contribution in [3.8, 4) is 0 Å². The monoisotopic (exact) mass is 545 g/mol. The number of hydrogen-bond donors (Lipinski definition) is 1. The van der Waals surface area contributed by atoms with Crippen LogP contribution in [0.15, 0.2) is 12.2 Å². The second-order valence-corrected chi connectivity index (χ2v) is 11.0. The highest BCUT2D eigenvalue weighted by Gasteiger charge is 2.57. The van der Waals surface area contributed by atoms with E-state index in [0.717, 1.165) is 5.57 Å². The average molecular weight is 546 g/mol. The highest BCUT2D eigenvalue weighted by molar-refractivity contribution is 5.82. The number of methoxy groups -OCH3 is 5. The Kier molecular flexibility index (Phi) is 10.7. The summed E-state index contributed by atoms with van der Waals surface area (Å²) in [5.74, 6) is -1.66. The summed E-state index contributed by atoms with van der Waals surface area (Å²) in [7, 11) is 7.88. The molecule has 3 rings (SSSR count). The van der Waals surface area contributed by atoms with E-state index in [4.69, 9.17) is 42.6 Å². The lowest BCUT2D eigenvalue weighted by molar-refractivity contribution is -0.333. The van der Waals surface area contributed by atoms with Crippen LogP contribution in [0.25, 0.3) is 0 Å². The molecule has 0 bridgehead atoms. The normalized spacial score (nSPS) is 38.8. The summed E-state index contributed by atoms with van der Waals surface area (Å²) in [6, 6.07) is 0. The van der Waals surface area contributed by atoms with E-state index >= 15 is 0 Å². The third kappa shape index (κ3) is 6.11. The summed E-state index contributed by atoms with van der Waals surface area (Å²) < 4.78 is 53.0. The number of carbonyl (C=O) groups excluding carboxylic acids is 1. The van der Waals surface area contributed by atoms with Gasteiger partial charge in [0.1, 0.15) is 19.0 Å². The topological polar surface area (TPSA) is 112 Å². The van der Waals surface area contributed by atoms with Crippen molar-refractivity contribution in [3.63, 3.8) is 0 Å². The quantitative estimate of drug-likeness (QED) is 0.387. The summed E-state index contributed by atoms with van der Waals surface area (Å²) in [6.07, 6.45) is -3.17. The zero-order valence-corrected chi connectivity index (χ0v) is 24.3. The van der Waals surface area contributed by atoms with Gasteiger partial charge in [-0.3, -0.25) is 4.79 Å². The second kappa shape index (κ2) is 13.0. The Morgan fingerprint density at radius 1 is 1.11 bits per heavy atom. The van der Waals surface area contributed by atoms with Gasteiger partial charge in [0, 0.05) is 59.7 Å². The van der Waals surface area contributed by atoms with E-state index in [9.17, 15) is 4.79 Å². The van der Waals surface area contributed by atoms with Crippen molar-refractivity contribution in [2.24, 2.45) is 11.3 Å². The first-order valence-electron chi connectivity index (χ1n) is 13.2. The Bertz CT molecular complexity index is 809. The van der Waals surface area contributed by atoms with Crippen LogP contribution in [0, 0.1) is 11.3 Å². The van der Waals surface area contributed by atoms with Crippen LogP contribution in [0.1, 0.15) is 40.5 Å². The third-order valence-corrected chi connectivity index (χ3v) is 8.44. The molecule has 0 spiro atoms. The minimum absolute atomic E-state index is 0.0324. The van der Waals surface area contributed by atoms with Gasteiger partial charge in [0.15, 0.2) is 12.3 Å². The van der Waals surface area contributed by atoms with E-state index in [1.165, 1.54) is 14.2 Å². The predicted octanol–water partition coefficient (Wildman–Crippen LogP) is 2.02. The standard InChI is InChI=1S/C27H47NO10/c1-15-12-27(34-10,38-17(3)16(15)2)23(33-9)24(29)28-25-21-20(35-14-36-25)22(32-8)26(4,5)19(37-21)11-18(31-7)13-30-6/h16-23,25H,1,11-14H2,2-10H3,(H,28,29)/t16-,17-,18+,19-,20+,21?,22?,23?,25?,27?/m1/s1. The molecule has 11 nitrogen and oxygen atoms in total. The first kappa shape index (κ1) is 31.4. The van der Waals surface area contributed by atoms with E-state index in [2.05, 4.69) is 25.7 Å². The molecule has 0 aromatic rings. The summed E-state index contributed by atoms with van der Waals surface area (Å²) >= 11 is 0. The van der Waals surface area contributed by atoms with Crippen molar-refractivity contribution in [2.75, 3.05) is 48.9 Å². The fourth-order valence-electron chi connectivity index (χ4n) is 5.86. The molecule has 1 amide bonds. The first-order chi connectivity index (χ1) is 18.0.